The molecule has 2 aliphatic rings. The number of para-hydroxylation sites is 2. The third-order valence-corrected chi connectivity index (χ3v) is 9.21. The van der Waals surface area contributed by atoms with E-state index in [2.05, 4.69) is 26.9 Å². The van der Waals surface area contributed by atoms with E-state index in [9.17, 15) is 22.8 Å². The largest absolute Gasteiger partial charge is 0.489 e. The van der Waals surface area contributed by atoms with Crippen molar-refractivity contribution in [2.75, 3.05) is 31.8 Å². The SMILES string of the molecule is CC(C)[C@H](NS(=O)(=O)OC1(C#Cc2ccc3c(c2)N(C)C(=O)[C@@H](NC(=O)c2cc(Oc4ccccc4)ccn2)CO3)COC1)C(=O)Oc1ccccc1. The fourth-order valence-corrected chi connectivity index (χ4v) is 6.55. The van der Waals surface area contributed by atoms with Crippen LogP contribution in [0, 0.1) is 17.8 Å². The Bertz CT molecular complexity index is 2150. The highest BCUT2D eigenvalue weighted by molar-refractivity contribution is 7.84. The molecule has 1 fully saturated rings. The molecule has 2 aliphatic heterocycles. The molecule has 0 radical (unpaired) electrons. The van der Waals surface area contributed by atoms with Gasteiger partial charge in [-0.15, -0.1) is 0 Å². The number of pyridine rings is 1. The quantitative estimate of drug-likeness (QED) is 0.131. The van der Waals surface area contributed by atoms with E-state index in [4.69, 9.17) is 23.1 Å². The second-order valence-electron chi connectivity index (χ2n) is 12.6. The van der Waals surface area contributed by atoms with Crippen molar-refractivity contribution in [1.29, 1.82) is 0 Å². The number of fused-ring (bicyclic) bond motifs is 1. The van der Waals surface area contributed by atoms with Crippen molar-refractivity contribution in [3.8, 4) is 34.8 Å². The number of anilines is 1. The number of nitrogens with zero attached hydrogens (tertiary/aromatic N) is 2. The molecular formula is C38H36N4O10S. The van der Waals surface area contributed by atoms with Gasteiger partial charge in [-0.25, -0.2) is 8.98 Å². The molecule has 2 N–H and O–H groups in total. The number of amides is 2. The Morgan fingerprint density at radius 3 is 2.32 bits per heavy atom. The number of benzene rings is 3. The minimum absolute atomic E-state index is 0.0494. The van der Waals surface area contributed by atoms with Crippen LogP contribution in [0.4, 0.5) is 5.69 Å². The number of hydrogen-bond donors (Lipinski definition) is 2. The maximum Gasteiger partial charge on any atom is 0.338 e. The lowest BCUT2D eigenvalue weighted by Gasteiger charge is -2.36. The molecule has 0 aliphatic carbocycles. The number of nitrogens with one attached hydrogen (secondary N) is 2. The molecule has 1 aromatic heterocycles. The summed E-state index contributed by atoms with van der Waals surface area (Å²) in [7, 11) is -2.99. The second-order valence-corrected chi connectivity index (χ2v) is 13.9. The first-order chi connectivity index (χ1) is 25.4. The maximum atomic E-state index is 13.5. The summed E-state index contributed by atoms with van der Waals surface area (Å²) in [5, 5.41) is 2.69. The van der Waals surface area contributed by atoms with Crippen molar-refractivity contribution in [3.63, 3.8) is 0 Å². The van der Waals surface area contributed by atoms with E-state index in [1.807, 2.05) is 18.2 Å². The molecule has 15 heteroatoms. The standard InChI is InChI=1S/C38H36N4O10S/c1-25(2)34(37(45)51-28-12-8-5-9-13-28)41-53(46,47)52-38(23-48-24-38)18-16-26-14-15-33-32(20-26)42(3)36(44)31(22-49-33)40-35(43)30-21-29(17-19-39-30)50-27-10-6-4-7-11-27/h4-15,17,19-21,25,31,34,41H,22-24H2,1-3H3,(H,40,43)/t31-,34-/m0/s1. The maximum absolute atomic E-state index is 13.5. The van der Waals surface area contributed by atoms with E-state index < -0.39 is 51.7 Å². The first kappa shape index (κ1) is 37.0. The molecule has 53 heavy (non-hydrogen) atoms. The lowest BCUT2D eigenvalue weighted by Crippen LogP contribution is -2.56. The minimum Gasteiger partial charge on any atom is -0.489 e. The highest BCUT2D eigenvalue weighted by atomic mass is 32.2. The molecule has 0 saturated carbocycles. The number of hydrogen-bond acceptors (Lipinski definition) is 11. The van der Waals surface area contributed by atoms with Crippen molar-refractivity contribution >= 4 is 33.8 Å². The first-order valence-corrected chi connectivity index (χ1v) is 18.0. The fourth-order valence-electron chi connectivity index (χ4n) is 5.26. The van der Waals surface area contributed by atoms with Crippen molar-refractivity contribution in [3.05, 3.63) is 108 Å². The van der Waals surface area contributed by atoms with Crippen LogP contribution in [0.2, 0.25) is 0 Å². The van der Waals surface area contributed by atoms with Gasteiger partial charge in [0.05, 0.1) is 18.9 Å². The topological polar surface area (TPSA) is 172 Å². The zero-order valence-corrected chi connectivity index (χ0v) is 29.8. The molecule has 0 bridgehead atoms. The van der Waals surface area contributed by atoms with E-state index in [-0.39, 0.29) is 31.3 Å². The molecule has 0 spiro atoms. The van der Waals surface area contributed by atoms with E-state index >= 15 is 0 Å². The van der Waals surface area contributed by atoms with Gasteiger partial charge in [-0.2, -0.15) is 13.1 Å². The molecule has 6 rings (SSSR count). The number of carbonyl (C=O) groups excluding carboxylic acids is 3. The first-order valence-electron chi connectivity index (χ1n) is 16.6. The summed E-state index contributed by atoms with van der Waals surface area (Å²) in [4.78, 5) is 45.0. The molecule has 2 amide bonds. The molecule has 274 valence electrons. The molecule has 1 saturated heterocycles. The van der Waals surface area contributed by atoms with Gasteiger partial charge in [0.15, 0.2) is 5.60 Å². The van der Waals surface area contributed by atoms with Crippen LogP contribution in [0.3, 0.4) is 0 Å². The predicted octanol–water partition coefficient (Wildman–Crippen LogP) is 3.63. The van der Waals surface area contributed by atoms with E-state index in [0.29, 0.717) is 28.5 Å². The van der Waals surface area contributed by atoms with Crippen LogP contribution in [0.15, 0.2) is 97.2 Å². The molecule has 2 atom stereocenters. The van der Waals surface area contributed by atoms with Crippen molar-refractivity contribution in [2.45, 2.75) is 31.5 Å². The van der Waals surface area contributed by atoms with Gasteiger partial charge in [0.25, 0.3) is 11.8 Å². The number of likely N-dealkylation sites (N-methyl/N-ethyl adjacent to an activating group) is 1. The van der Waals surface area contributed by atoms with Crippen LogP contribution in [-0.2, 0) is 28.8 Å². The van der Waals surface area contributed by atoms with Gasteiger partial charge in [-0.05, 0) is 54.4 Å². The molecule has 4 aromatic rings. The summed E-state index contributed by atoms with van der Waals surface area (Å²) in [5.74, 6) is 5.07. The van der Waals surface area contributed by atoms with Gasteiger partial charge in [-0.1, -0.05) is 62.1 Å². The summed E-state index contributed by atoms with van der Waals surface area (Å²) in [6.45, 7) is 2.89. The van der Waals surface area contributed by atoms with E-state index in [1.165, 1.54) is 24.2 Å². The fraction of sp³-hybridized carbons (Fsp3) is 0.263. The van der Waals surface area contributed by atoms with Gasteiger partial charge < -0.3 is 29.2 Å². The highest BCUT2D eigenvalue weighted by Crippen LogP contribution is 2.32. The third-order valence-electron chi connectivity index (χ3n) is 8.13. The number of ether oxygens (including phenoxy) is 4. The smallest absolute Gasteiger partial charge is 0.338 e. The number of rotatable bonds is 11. The Hall–Kier alpha value is -5.79. The Balaban J connectivity index is 1.11. The predicted molar refractivity (Wildman–Crippen MR) is 192 cm³/mol. The van der Waals surface area contributed by atoms with Gasteiger partial charge in [0.1, 0.15) is 47.4 Å². The Labute approximate surface area is 306 Å². The van der Waals surface area contributed by atoms with Gasteiger partial charge in [-0.3, -0.25) is 14.6 Å². The van der Waals surface area contributed by atoms with Crippen LogP contribution in [0.1, 0.15) is 29.9 Å². The average molecular weight is 741 g/mol. The van der Waals surface area contributed by atoms with Gasteiger partial charge >= 0.3 is 16.3 Å². The zero-order chi connectivity index (χ0) is 37.6. The van der Waals surface area contributed by atoms with Crippen LogP contribution in [-0.4, -0.2) is 75.7 Å². The monoisotopic (exact) mass is 740 g/mol. The third kappa shape index (κ3) is 9.18. The Morgan fingerprint density at radius 2 is 1.66 bits per heavy atom. The molecule has 0 unspecified atom stereocenters. The van der Waals surface area contributed by atoms with Crippen LogP contribution >= 0.6 is 0 Å². The number of aromatic nitrogens is 1. The Morgan fingerprint density at radius 1 is 0.962 bits per heavy atom. The molecule has 3 heterocycles. The van der Waals surface area contributed by atoms with Gasteiger partial charge in [0, 0.05) is 24.9 Å². The average Bonchev–Trinajstić information content (AvgIpc) is 3.24. The molecule has 3 aromatic carbocycles. The van der Waals surface area contributed by atoms with Crippen molar-refractivity contribution < 1.29 is 45.9 Å². The lowest BCUT2D eigenvalue weighted by molar-refractivity contribution is -0.138. The number of carbonyl (C=O) groups is 3. The summed E-state index contributed by atoms with van der Waals surface area (Å²) in [6.07, 6.45) is 1.44. The normalized spacial score (nSPS) is 16.8. The van der Waals surface area contributed by atoms with Crippen molar-refractivity contribution in [2.24, 2.45) is 5.92 Å². The van der Waals surface area contributed by atoms with Crippen molar-refractivity contribution in [1.82, 2.24) is 15.0 Å². The summed E-state index contributed by atoms with van der Waals surface area (Å²) >= 11 is 0. The minimum atomic E-state index is -4.53. The van der Waals surface area contributed by atoms with Crippen LogP contribution in [0.25, 0.3) is 0 Å². The summed E-state index contributed by atoms with van der Waals surface area (Å²) < 4.78 is 56.4. The Kier molecular flexibility index (Phi) is 11.1. The molecule has 14 nitrogen and oxygen atoms in total. The van der Waals surface area contributed by atoms with E-state index in [1.54, 1.807) is 80.6 Å². The zero-order valence-electron chi connectivity index (χ0n) is 29.0. The number of esters is 1. The highest BCUT2D eigenvalue weighted by Gasteiger charge is 2.44. The van der Waals surface area contributed by atoms with Crippen LogP contribution in [0.5, 0.6) is 23.0 Å². The summed E-state index contributed by atoms with van der Waals surface area (Å²) in [6, 6.07) is 23.0. The van der Waals surface area contributed by atoms with Crippen LogP contribution < -0.4 is 29.1 Å². The van der Waals surface area contributed by atoms with Gasteiger partial charge in [0.2, 0.25) is 0 Å². The second kappa shape index (κ2) is 15.8. The lowest BCUT2D eigenvalue weighted by atomic mass is 10.0. The summed E-state index contributed by atoms with van der Waals surface area (Å²) in [5.41, 5.74) is -0.691. The van der Waals surface area contributed by atoms with E-state index in [0.717, 1.165) is 0 Å². The molecular weight excluding hydrogens is 705 g/mol.